The van der Waals surface area contributed by atoms with Gasteiger partial charge in [-0.1, -0.05) is 0 Å². The third-order valence-electron chi connectivity index (χ3n) is 27.7. The topological polar surface area (TPSA) is 116 Å². The van der Waals surface area contributed by atoms with Crippen molar-refractivity contribution >= 4 is 303 Å². The summed E-state index contributed by atoms with van der Waals surface area (Å²) < 4.78 is 36.9. The zero-order valence-electron chi connectivity index (χ0n) is 45.5. The zero-order chi connectivity index (χ0) is 53.6. The van der Waals surface area contributed by atoms with Crippen LogP contribution in [0.2, 0.25) is 0 Å². The standard InChI is InChI=1S/C77H31NO8/c1-81-7-8-82-9-10-83-11-12-84-13-14-86-74(80)77(73(79)85-6-4-2-3-5-78)75-69-61-53-43-33-25-17-15-16-19-23-21(17)29-37-31(23)41-35-27(19)28-20(16)24-22-18(15)26(25)34-40-30(22)38-32(24)42-36(28)46-45(35)55-49(41)59-51(37)57(47(53)39(29)33)65(69)67(59)71-63(55)64-56(46)50(42)60-52(38)58-48(40)54(44(34)43)62(61)70(75)66(58)68(60)72(64)76(71,75)77/h2-14,78H2,1H3. The number of ether oxygens (including phenoxy) is 6. The Morgan fingerprint density at radius 2 is 0.453 bits per heavy atom. The van der Waals surface area contributed by atoms with E-state index in [1.54, 1.807) is 61.0 Å². The molecule has 2 spiro atoms. The van der Waals surface area contributed by atoms with Crippen molar-refractivity contribution in [3.05, 3.63) is 22.3 Å². The summed E-state index contributed by atoms with van der Waals surface area (Å²) in [7, 11) is 1.67. The number of unbranched alkanes of at least 4 members (excludes halogenated alkanes) is 2. The fourth-order valence-electron chi connectivity index (χ4n) is 26.9. The van der Waals surface area contributed by atoms with E-state index in [9.17, 15) is 0 Å². The monoisotopic (exact) mass is 1100 g/mol. The fraction of sp³-hybridized carbons (Fsp3) is 0.221. The van der Waals surface area contributed by atoms with E-state index >= 15 is 9.59 Å². The van der Waals surface area contributed by atoms with Crippen LogP contribution in [-0.4, -0.2) is 85.1 Å². The van der Waals surface area contributed by atoms with Crippen molar-refractivity contribution in [1.29, 1.82) is 0 Å². The van der Waals surface area contributed by atoms with Gasteiger partial charge in [-0.2, -0.15) is 0 Å². The molecule has 0 heterocycles. The maximum absolute atomic E-state index is 17.4. The third-order valence-corrected chi connectivity index (χ3v) is 27.7. The van der Waals surface area contributed by atoms with Gasteiger partial charge in [0.15, 0.2) is 5.41 Å². The Morgan fingerprint density at radius 1 is 0.256 bits per heavy atom. The number of esters is 2. The van der Waals surface area contributed by atoms with Gasteiger partial charge in [0, 0.05) is 7.11 Å². The van der Waals surface area contributed by atoms with E-state index in [1.165, 1.54) is 259 Å². The molecule has 0 radical (unpaired) electrons. The summed E-state index contributed by atoms with van der Waals surface area (Å²) >= 11 is 0. The van der Waals surface area contributed by atoms with Crippen molar-refractivity contribution in [1.82, 2.24) is 0 Å². The first kappa shape index (κ1) is 38.3. The maximum atomic E-state index is 17.4. The molecule has 28 aromatic rings. The predicted octanol–water partition coefficient (Wildman–Crippen LogP) is 16.2. The minimum Gasteiger partial charge on any atom is -0.465 e. The summed E-state index contributed by atoms with van der Waals surface area (Å²) in [5.41, 5.74) is 6.96. The molecule has 0 atom stereocenters. The molecule has 9 nitrogen and oxygen atoms in total. The van der Waals surface area contributed by atoms with Gasteiger partial charge in [0.1, 0.15) is 6.61 Å². The molecule has 86 heavy (non-hydrogen) atoms. The summed E-state index contributed by atoms with van der Waals surface area (Å²) in [5, 5.41) is 78.8. The lowest BCUT2D eigenvalue weighted by Gasteiger charge is -2.32. The average molecular weight is 1100 g/mol. The number of hydrogen-bond donors (Lipinski definition) is 1. The van der Waals surface area contributed by atoms with E-state index in [4.69, 9.17) is 34.2 Å². The smallest absolute Gasteiger partial charge is 0.326 e. The number of carbonyl (C=O) groups excluding carboxylic acids is 2. The molecule has 1 saturated carbocycles. The number of benzene rings is 18. The summed E-state index contributed by atoms with van der Waals surface area (Å²) in [4.78, 5) is 34.8. The summed E-state index contributed by atoms with van der Waals surface area (Å²) in [6, 6.07) is 0. The quantitative estimate of drug-likeness (QED) is 0.0366. The minimum absolute atomic E-state index is 0.00438. The Kier molecular flexibility index (Phi) is 4.43. The van der Waals surface area contributed by atoms with E-state index in [1.807, 2.05) is 0 Å². The molecular weight excluding hydrogens is 1070 g/mol. The van der Waals surface area contributed by atoms with Gasteiger partial charge >= 0.3 is 11.9 Å². The number of rotatable bonds is 19. The van der Waals surface area contributed by atoms with Crippen LogP contribution in [0.15, 0.2) is 0 Å². The Labute approximate surface area is 475 Å². The normalized spacial score (nSPS) is 21.9. The Balaban J connectivity index is 0.847. The fourth-order valence-corrected chi connectivity index (χ4v) is 26.9. The van der Waals surface area contributed by atoms with Gasteiger partial charge in [0.2, 0.25) is 0 Å². The van der Waals surface area contributed by atoms with Crippen LogP contribution in [0, 0.1) is 5.41 Å². The second kappa shape index (κ2) is 9.94. The Hall–Kier alpha value is -8.80. The molecule has 1 fully saturated rings. The van der Waals surface area contributed by atoms with Crippen LogP contribution in [-0.2, 0) is 48.8 Å². The van der Waals surface area contributed by atoms with Crippen molar-refractivity contribution in [3.8, 4) is 0 Å². The minimum atomic E-state index is -1.80. The first-order valence-electron chi connectivity index (χ1n) is 31.7. The van der Waals surface area contributed by atoms with Gasteiger partial charge in [0.05, 0.1) is 63.7 Å². The van der Waals surface area contributed by atoms with Crippen LogP contribution in [0.4, 0.5) is 0 Å². The molecule has 5 aliphatic carbocycles. The highest BCUT2D eigenvalue weighted by molar-refractivity contribution is 6.82. The van der Waals surface area contributed by atoms with Crippen LogP contribution in [0.25, 0.3) is 291 Å². The van der Waals surface area contributed by atoms with Gasteiger partial charge in [-0.05, 0) is 339 Å². The lowest BCUT2D eigenvalue weighted by molar-refractivity contribution is -0.167. The maximum Gasteiger partial charge on any atom is 0.326 e. The molecule has 0 aliphatic heterocycles. The Morgan fingerprint density at radius 3 is 0.674 bits per heavy atom. The third kappa shape index (κ3) is 2.42. The summed E-state index contributed by atoms with van der Waals surface area (Å²) in [6.07, 6.45) is 2.34. The summed E-state index contributed by atoms with van der Waals surface area (Å²) in [5.74, 6) is -0.889. The van der Waals surface area contributed by atoms with E-state index in [0.717, 1.165) is 12.8 Å². The highest BCUT2D eigenvalue weighted by Gasteiger charge is 3.01. The van der Waals surface area contributed by atoms with E-state index < -0.39 is 28.2 Å². The van der Waals surface area contributed by atoms with Gasteiger partial charge < -0.3 is 34.2 Å². The molecule has 0 saturated heterocycles. The number of methoxy groups -OCH3 is 1. The van der Waals surface area contributed by atoms with Crippen molar-refractivity contribution in [2.75, 3.05) is 73.1 Å². The van der Waals surface area contributed by atoms with Crippen molar-refractivity contribution < 1.29 is 38.0 Å². The lowest BCUT2D eigenvalue weighted by atomic mass is 9.68. The molecule has 0 unspecified atom stereocenters. The van der Waals surface area contributed by atoms with Crippen LogP contribution >= 0.6 is 0 Å². The van der Waals surface area contributed by atoms with Crippen LogP contribution in [0.5, 0.6) is 0 Å². The molecule has 0 bridgehead atoms. The van der Waals surface area contributed by atoms with Crippen LogP contribution in [0.3, 0.4) is 0 Å². The predicted molar refractivity (Wildman–Crippen MR) is 345 cm³/mol. The largest absolute Gasteiger partial charge is 0.465 e. The molecule has 28 aromatic carbocycles. The molecular formula is C77H31NO8. The number of carbonyl (C=O) groups is 2. The molecule has 0 aromatic heterocycles. The average Bonchev–Trinajstić information content (AvgIpc) is 1.36. The van der Waals surface area contributed by atoms with Crippen molar-refractivity contribution in [2.45, 2.75) is 30.1 Å². The van der Waals surface area contributed by atoms with E-state index in [2.05, 4.69) is 0 Å². The molecule has 392 valence electrons. The van der Waals surface area contributed by atoms with E-state index in [0.29, 0.717) is 52.6 Å². The van der Waals surface area contributed by atoms with Crippen molar-refractivity contribution in [2.24, 2.45) is 11.1 Å². The van der Waals surface area contributed by atoms with Gasteiger partial charge in [-0.3, -0.25) is 9.59 Å². The van der Waals surface area contributed by atoms with Gasteiger partial charge in [0.25, 0.3) is 0 Å². The van der Waals surface area contributed by atoms with Crippen LogP contribution < -0.4 is 5.73 Å². The number of nitrogens with two attached hydrogens (primary N) is 1. The molecule has 0 amide bonds. The SMILES string of the molecule is COCCOCCOCCOCCOC(=O)C1(C(=O)OCCCCCN)C23c4c5c6c7c8c9c(c%10c%11c2c2c4c4c%12c5c5c6c6c8c8c%13c9c9c%10c%10c%11c%11c2c2c4c4c%12c%12c5c5c6c8c6c8c%13c9c9c%10c%10c%11c2c2c4c4c%12c5c6c5c8c9c%10c2c45)C713. The molecule has 5 aliphatic rings. The van der Waals surface area contributed by atoms with Crippen LogP contribution in [0.1, 0.15) is 41.5 Å². The van der Waals surface area contributed by atoms with Gasteiger partial charge in [-0.25, -0.2) is 0 Å². The lowest BCUT2D eigenvalue weighted by Crippen LogP contribution is -2.39. The second-order valence-corrected chi connectivity index (χ2v) is 29.0. The zero-order valence-corrected chi connectivity index (χ0v) is 45.5. The Bertz CT molecular complexity index is 7070. The molecule has 2 N–H and O–H groups in total. The van der Waals surface area contributed by atoms with E-state index in [-0.39, 0.29) is 19.8 Å². The highest BCUT2D eigenvalue weighted by atomic mass is 16.6. The molecule has 33 rings (SSSR count). The number of hydrogen-bond acceptors (Lipinski definition) is 9. The first-order valence-corrected chi connectivity index (χ1v) is 31.7. The highest BCUT2D eigenvalue weighted by Crippen LogP contribution is 2.96. The first-order chi connectivity index (χ1) is 42.7. The van der Waals surface area contributed by atoms with Crippen molar-refractivity contribution in [3.63, 3.8) is 0 Å². The second-order valence-electron chi connectivity index (χ2n) is 29.0. The summed E-state index contributed by atoms with van der Waals surface area (Å²) in [6.45, 7) is 3.64. The van der Waals surface area contributed by atoms with Gasteiger partial charge in [-0.15, -0.1) is 0 Å². The molecule has 9 heteroatoms.